The third-order valence-electron chi connectivity index (χ3n) is 4.70. The van der Waals surface area contributed by atoms with Crippen LogP contribution in [0.2, 0.25) is 0 Å². The van der Waals surface area contributed by atoms with Crippen molar-refractivity contribution in [2.45, 2.75) is 26.7 Å². The first-order valence-electron chi connectivity index (χ1n) is 9.97. The van der Waals surface area contributed by atoms with E-state index in [9.17, 15) is 19.7 Å². The third kappa shape index (κ3) is 5.81. The number of esters is 2. The second-order valence-corrected chi connectivity index (χ2v) is 6.93. The Hall–Kier alpha value is -3.94. The molecule has 0 saturated carbocycles. The molecule has 0 aromatic heterocycles. The second kappa shape index (κ2) is 11.5. The van der Waals surface area contributed by atoms with E-state index in [0.29, 0.717) is 17.0 Å². The van der Waals surface area contributed by atoms with Crippen LogP contribution in [-0.4, -0.2) is 30.1 Å². The summed E-state index contributed by atoms with van der Waals surface area (Å²) in [7, 11) is 0. The van der Waals surface area contributed by atoms with Gasteiger partial charge in [0.25, 0.3) is 5.69 Å². The lowest BCUT2D eigenvalue weighted by Gasteiger charge is -2.30. The summed E-state index contributed by atoms with van der Waals surface area (Å²) >= 11 is 0. The van der Waals surface area contributed by atoms with E-state index in [1.54, 1.807) is 38.1 Å². The number of allylic oxidation sites excluding steroid dienone is 5. The van der Waals surface area contributed by atoms with Crippen LogP contribution in [0.5, 0.6) is 0 Å². The zero-order chi connectivity index (χ0) is 23.7. The van der Waals surface area contributed by atoms with Crippen molar-refractivity contribution in [2.75, 3.05) is 13.2 Å². The van der Waals surface area contributed by atoms with Gasteiger partial charge in [0, 0.05) is 23.5 Å². The molecule has 0 fully saturated rings. The summed E-state index contributed by atoms with van der Waals surface area (Å²) in [5.41, 5.74) is 1.58. The smallest absolute Gasteiger partial charge is 0.337 e. The first-order valence-corrected chi connectivity index (χ1v) is 9.97. The molecule has 0 spiro atoms. The Morgan fingerprint density at radius 3 is 2.31 bits per heavy atom. The number of hydrogen-bond donors (Lipinski definition) is 1. The standard InChI is InChI=1S/C24H26N2O6/c1-5-7-8-9-14-32-24(28)21-17(4)25-16(3)20(23(27)31-13-6-2)22(21)18-11-10-12-19(15-18)26(29)30/h5-12,15,22,25H,2,13-14H2,1,3-4H3. The molecule has 32 heavy (non-hydrogen) atoms. The number of dihydropyridines is 1. The summed E-state index contributed by atoms with van der Waals surface area (Å²) in [6.45, 7) is 8.78. The highest BCUT2D eigenvalue weighted by molar-refractivity contribution is 6.00. The lowest BCUT2D eigenvalue weighted by molar-refractivity contribution is -0.384. The number of carbonyl (C=O) groups is 2. The first kappa shape index (κ1) is 24.3. The van der Waals surface area contributed by atoms with Gasteiger partial charge in [-0.1, -0.05) is 43.0 Å². The van der Waals surface area contributed by atoms with Crippen molar-refractivity contribution in [1.82, 2.24) is 5.32 Å². The molecule has 8 heteroatoms. The molecule has 1 unspecified atom stereocenters. The molecule has 1 aromatic rings. The fraction of sp³-hybridized carbons (Fsp3) is 0.250. The summed E-state index contributed by atoms with van der Waals surface area (Å²) < 4.78 is 10.6. The molecule has 8 nitrogen and oxygen atoms in total. The number of rotatable bonds is 9. The quantitative estimate of drug-likeness (QED) is 0.202. The molecule has 1 aromatic carbocycles. The number of nitro groups is 1. The number of non-ortho nitro benzene ring substituents is 1. The van der Waals surface area contributed by atoms with E-state index in [0.717, 1.165) is 0 Å². The Labute approximate surface area is 186 Å². The van der Waals surface area contributed by atoms with Crippen LogP contribution in [-0.2, 0) is 19.1 Å². The second-order valence-electron chi connectivity index (χ2n) is 6.93. The van der Waals surface area contributed by atoms with E-state index in [2.05, 4.69) is 11.9 Å². The average Bonchev–Trinajstić information content (AvgIpc) is 2.76. The van der Waals surface area contributed by atoms with Gasteiger partial charge >= 0.3 is 11.9 Å². The average molecular weight is 438 g/mol. The number of nitro benzene ring substituents is 1. The minimum Gasteiger partial charge on any atom is -0.458 e. The Kier molecular flexibility index (Phi) is 8.71. The van der Waals surface area contributed by atoms with Crippen LogP contribution in [0.1, 0.15) is 32.3 Å². The van der Waals surface area contributed by atoms with E-state index in [4.69, 9.17) is 9.47 Å². The third-order valence-corrected chi connectivity index (χ3v) is 4.70. The normalized spacial score (nSPS) is 16.3. The summed E-state index contributed by atoms with van der Waals surface area (Å²) in [4.78, 5) is 36.7. The van der Waals surface area contributed by atoms with Gasteiger partial charge in [0.15, 0.2) is 0 Å². The van der Waals surface area contributed by atoms with Gasteiger partial charge in [-0.15, -0.1) is 0 Å². The molecule has 1 aliphatic rings. The van der Waals surface area contributed by atoms with Gasteiger partial charge in [0.2, 0.25) is 0 Å². The Balaban J connectivity index is 2.54. The lowest BCUT2D eigenvalue weighted by Crippen LogP contribution is -2.32. The summed E-state index contributed by atoms with van der Waals surface area (Å²) in [6, 6.07) is 5.83. The highest BCUT2D eigenvalue weighted by Gasteiger charge is 2.38. The summed E-state index contributed by atoms with van der Waals surface area (Å²) in [5, 5.41) is 14.4. The Morgan fingerprint density at radius 2 is 1.75 bits per heavy atom. The number of hydrogen-bond acceptors (Lipinski definition) is 7. The zero-order valence-corrected chi connectivity index (χ0v) is 18.3. The van der Waals surface area contributed by atoms with Crippen LogP contribution in [0.3, 0.4) is 0 Å². The maximum atomic E-state index is 13.0. The lowest BCUT2D eigenvalue weighted by atomic mass is 9.80. The highest BCUT2D eigenvalue weighted by Crippen LogP contribution is 2.40. The number of nitrogens with one attached hydrogen (secondary N) is 1. The maximum Gasteiger partial charge on any atom is 0.337 e. The van der Waals surface area contributed by atoms with Gasteiger partial charge in [-0.25, -0.2) is 9.59 Å². The van der Waals surface area contributed by atoms with Crippen LogP contribution in [0.15, 0.2) is 83.8 Å². The fourth-order valence-corrected chi connectivity index (χ4v) is 3.35. The van der Waals surface area contributed by atoms with Crippen molar-refractivity contribution in [1.29, 1.82) is 0 Å². The molecule has 0 amide bonds. The van der Waals surface area contributed by atoms with Crippen molar-refractivity contribution >= 4 is 17.6 Å². The molecule has 0 saturated heterocycles. The first-order chi connectivity index (χ1) is 15.3. The molecule has 0 radical (unpaired) electrons. The number of nitrogens with zero attached hydrogens (tertiary/aromatic N) is 1. The van der Waals surface area contributed by atoms with Gasteiger partial charge in [-0.3, -0.25) is 10.1 Å². The van der Waals surface area contributed by atoms with Gasteiger partial charge in [0.1, 0.15) is 13.2 Å². The van der Waals surface area contributed by atoms with Crippen molar-refractivity contribution in [3.63, 3.8) is 0 Å². The van der Waals surface area contributed by atoms with E-state index >= 15 is 0 Å². The van der Waals surface area contributed by atoms with Gasteiger partial charge in [-0.2, -0.15) is 0 Å². The number of ether oxygens (including phenoxy) is 2. The van der Waals surface area contributed by atoms with Crippen molar-refractivity contribution in [3.05, 3.63) is 99.4 Å². The Morgan fingerprint density at radius 1 is 1.12 bits per heavy atom. The van der Waals surface area contributed by atoms with Gasteiger partial charge in [-0.05, 0) is 32.4 Å². The molecule has 0 bridgehead atoms. The van der Waals surface area contributed by atoms with Crippen LogP contribution in [0.4, 0.5) is 5.69 Å². The SMILES string of the molecule is C=CCOC(=O)C1=C(C)NC(C)=C(C(=O)OCC=CC=CC)C1c1cccc([N+](=O)[O-])c1. The summed E-state index contributed by atoms with van der Waals surface area (Å²) in [6.07, 6.45) is 8.48. The predicted octanol–water partition coefficient (Wildman–Crippen LogP) is 4.23. The molecular weight excluding hydrogens is 412 g/mol. The molecule has 2 rings (SSSR count). The molecular formula is C24H26N2O6. The summed E-state index contributed by atoms with van der Waals surface area (Å²) in [5.74, 6) is -2.20. The van der Waals surface area contributed by atoms with E-state index in [1.807, 2.05) is 13.0 Å². The number of carbonyl (C=O) groups excluding carboxylic acids is 2. The van der Waals surface area contributed by atoms with Crippen LogP contribution < -0.4 is 5.32 Å². The molecule has 1 heterocycles. The van der Waals surface area contributed by atoms with Gasteiger partial charge < -0.3 is 14.8 Å². The topological polar surface area (TPSA) is 108 Å². The fourth-order valence-electron chi connectivity index (χ4n) is 3.35. The number of benzene rings is 1. The maximum absolute atomic E-state index is 13.0. The van der Waals surface area contributed by atoms with Crippen molar-refractivity contribution in [3.8, 4) is 0 Å². The van der Waals surface area contributed by atoms with Crippen LogP contribution >= 0.6 is 0 Å². The van der Waals surface area contributed by atoms with Gasteiger partial charge in [0.05, 0.1) is 22.0 Å². The molecule has 1 N–H and O–H groups in total. The Bertz CT molecular complexity index is 1030. The molecule has 1 atom stereocenters. The molecule has 0 aliphatic carbocycles. The largest absolute Gasteiger partial charge is 0.458 e. The van der Waals surface area contributed by atoms with Crippen LogP contribution in [0, 0.1) is 10.1 Å². The van der Waals surface area contributed by atoms with E-state index in [-0.39, 0.29) is 30.0 Å². The van der Waals surface area contributed by atoms with Crippen LogP contribution in [0.25, 0.3) is 0 Å². The van der Waals surface area contributed by atoms with Crippen molar-refractivity contribution in [2.24, 2.45) is 0 Å². The highest BCUT2D eigenvalue weighted by atomic mass is 16.6. The predicted molar refractivity (Wildman–Crippen MR) is 120 cm³/mol. The van der Waals surface area contributed by atoms with E-state index < -0.39 is 22.8 Å². The minimum atomic E-state index is -0.902. The van der Waals surface area contributed by atoms with E-state index in [1.165, 1.54) is 24.3 Å². The monoisotopic (exact) mass is 438 g/mol. The molecule has 1 aliphatic heterocycles. The minimum absolute atomic E-state index is 0.0184. The molecule has 168 valence electrons. The zero-order valence-electron chi connectivity index (χ0n) is 18.3. The van der Waals surface area contributed by atoms with Crippen molar-refractivity contribution < 1.29 is 24.0 Å².